The summed E-state index contributed by atoms with van der Waals surface area (Å²) in [4.78, 5) is 19.3. The molecule has 1 amide bonds. The number of carbonyl (C=O) groups is 1. The molecule has 3 rings (SSSR count). The number of hydrogen-bond acceptors (Lipinski definition) is 5. The number of sulfonamides is 1. The Bertz CT molecular complexity index is 901. The van der Waals surface area contributed by atoms with E-state index < -0.39 is 10.0 Å². The molecule has 6 nitrogen and oxygen atoms in total. The van der Waals surface area contributed by atoms with Crippen LogP contribution in [0.5, 0.6) is 0 Å². The zero-order valence-electron chi connectivity index (χ0n) is 14.8. The van der Waals surface area contributed by atoms with Crippen molar-refractivity contribution >= 4 is 39.3 Å². The summed E-state index contributed by atoms with van der Waals surface area (Å²) < 4.78 is 26.7. The second-order valence-corrected chi connectivity index (χ2v) is 9.84. The van der Waals surface area contributed by atoms with Gasteiger partial charge in [-0.15, -0.1) is 11.8 Å². The molecule has 1 aliphatic heterocycles. The fraction of sp³-hybridized carbons (Fsp3) is 0.333. The Morgan fingerprint density at radius 3 is 2.48 bits per heavy atom. The maximum atomic E-state index is 12.7. The molecule has 0 bridgehead atoms. The molecule has 1 aliphatic rings. The Morgan fingerprint density at radius 1 is 1.15 bits per heavy atom. The summed E-state index contributed by atoms with van der Waals surface area (Å²) >= 11 is 7.57. The van der Waals surface area contributed by atoms with Crippen molar-refractivity contribution in [1.29, 1.82) is 0 Å². The van der Waals surface area contributed by atoms with Gasteiger partial charge in [0.1, 0.15) is 4.90 Å². The van der Waals surface area contributed by atoms with Crippen LogP contribution in [0.4, 0.5) is 0 Å². The highest BCUT2D eigenvalue weighted by Crippen LogP contribution is 2.31. The van der Waals surface area contributed by atoms with E-state index in [1.54, 1.807) is 17.0 Å². The SMILES string of the molecule is CC(Sc1ccccc1Cl)C(=O)N1CCN(S(=O)(=O)c2cccnc2)CC1. The average Bonchev–Trinajstić information content (AvgIpc) is 2.70. The minimum atomic E-state index is -3.58. The number of piperazine rings is 1. The Morgan fingerprint density at radius 2 is 1.85 bits per heavy atom. The van der Waals surface area contributed by atoms with E-state index in [0.29, 0.717) is 18.1 Å². The first-order valence-corrected chi connectivity index (χ1v) is 11.2. The van der Waals surface area contributed by atoms with E-state index in [4.69, 9.17) is 11.6 Å². The highest BCUT2D eigenvalue weighted by atomic mass is 35.5. The van der Waals surface area contributed by atoms with Gasteiger partial charge in [0.25, 0.3) is 0 Å². The van der Waals surface area contributed by atoms with Crippen molar-refractivity contribution in [2.24, 2.45) is 0 Å². The van der Waals surface area contributed by atoms with Crippen molar-refractivity contribution in [1.82, 2.24) is 14.2 Å². The number of hydrogen-bond donors (Lipinski definition) is 0. The summed E-state index contributed by atoms with van der Waals surface area (Å²) in [6.45, 7) is 3.12. The molecule has 0 saturated carbocycles. The van der Waals surface area contributed by atoms with E-state index in [2.05, 4.69) is 4.98 Å². The van der Waals surface area contributed by atoms with Crippen molar-refractivity contribution < 1.29 is 13.2 Å². The van der Waals surface area contributed by atoms with Gasteiger partial charge in [-0.05, 0) is 31.2 Å². The van der Waals surface area contributed by atoms with Gasteiger partial charge in [-0.25, -0.2) is 8.42 Å². The average molecular weight is 426 g/mol. The molecule has 2 aromatic rings. The van der Waals surface area contributed by atoms with Crippen LogP contribution in [0, 0.1) is 0 Å². The van der Waals surface area contributed by atoms with Gasteiger partial charge >= 0.3 is 0 Å². The lowest BCUT2D eigenvalue weighted by atomic mass is 10.3. The van der Waals surface area contributed by atoms with E-state index in [-0.39, 0.29) is 29.1 Å². The summed E-state index contributed by atoms with van der Waals surface area (Å²) in [6, 6.07) is 10.5. The van der Waals surface area contributed by atoms with E-state index >= 15 is 0 Å². The molecule has 1 fully saturated rings. The van der Waals surface area contributed by atoms with Crippen molar-refractivity contribution in [3.8, 4) is 0 Å². The van der Waals surface area contributed by atoms with Crippen molar-refractivity contribution in [2.45, 2.75) is 22.0 Å². The fourth-order valence-electron chi connectivity index (χ4n) is 2.84. The number of benzene rings is 1. The smallest absolute Gasteiger partial charge is 0.244 e. The highest BCUT2D eigenvalue weighted by molar-refractivity contribution is 8.00. The first-order valence-electron chi connectivity index (χ1n) is 8.50. The molecule has 27 heavy (non-hydrogen) atoms. The third-order valence-corrected chi connectivity index (χ3v) is 7.80. The molecule has 0 aliphatic carbocycles. The number of halogens is 1. The molecular formula is C18H20ClN3O3S2. The van der Waals surface area contributed by atoms with E-state index in [1.807, 2.05) is 25.1 Å². The summed E-state index contributed by atoms with van der Waals surface area (Å²) in [6.07, 6.45) is 2.88. The lowest BCUT2D eigenvalue weighted by Gasteiger charge is -2.35. The summed E-state index contributed by atoms with van der Waals surface area (Å²) in [5.74, 6) is -0.0154. The third kappa shape index (κ3) is 4.63. The largest absolute Gasteiger partial charge is 0.339 e. The predicted octanol–water partition coefficient (Wildman–Crippen LogP) is 2.75. The minimum Gasteiger partial charge on any atom is -0.339 e. The topological polar surface area (TPSA) is 70.6 Å². The van der Waals surface area contributed by atoms with Crippen molar-refractivity contribution in [3.05, 3.63) is 53.8 Å². The van der Waals surface area contributed by atoms with E-state index in [0.717, 1.165) is 4.90 Å². The lowest BCUT2D eigenvalue weighted by molar-refractivity contribution is -0.131. The van der Waals surface area contributed by atoms with Crippen LogP contribution in [0.15, 0.2) is 58.6 Å². The third-order valence-electron chi connectivity index (χ3n) is 4.31. The molecule has 0 radical (unpaired) electrons. The van der Waals surface area contributed by atoms with Gasteiger partial charge in [-0.3, -0.25) is 9.78 Å². The lowest BCUT2D eigenvalue weighted by Crippen LogP contribution is -2.52. The van der Waals surface area contributed by atoms with Crippen molar-refractivity contribution in [2.75, 3.05) is 26.2 Å². The molecule has 0 spiro atoms. The number of rotatable bonds is 5. The van der Waals surface area contributed by atoms with E-state index in [1.165, 1.54) is 34.5 Å². The maximum absolute atomic E-state index is 12.7. The summed E-state index contributed by atoms with van der Waals surface area (Å²) in [7, 11) is -3.58. The van der Waals surface area contributed by atoms with Crippen LogP contribution < -0.4 is 0 Å². The van der Waals surface area contributed by atoms with Gasteiger partial charge in [-0.2, -0.15) is 4.31 Å². The number of carbonyl (C=O) groups excluding carboxylic acids is 1. The highest BCUT2D eigenvalue weighted by Gasteiger charge is 2.31. The molecule has 2 heterocycles. The molecule has 144 valence electrons. The predicted molar refractivity (Wildman–Crippen MR) is 106 cm³/mol. The zero-order valence-corrected chi connectivity index (χ0v) is 17.2. The number of thioether (sulfide) groups is 1. The quantitative estimate of drug-likeness (QED) is 0.689. The maximum Gasteiger partial charge on any atom is 0.244 e. The van der Waals surface area contributed by atoms with Crippen LogP contribution in [0.25, 0.3) is 0 Å². The van der Waals surface area contributed by atoms with Crippen LogP contribution in [0.2, 0.25) is 5.02 Å². The minimum absolute atomic E-state index is 0.0154. The van der Waals surface area contributed by atoms with Gasteiger partial charge < -0.3 is 4.90 Å². The Hall–Kier alpha value is -1.61. The molecule has 1 unspecified atom stereocenters. The normalized spacial score (nSPS) is 16.9. The first kappa shape index (κ1) is 20.1. The first-order chi connectivity index (χ1) is 12.9. The summed E-state index contributed by atoms with van der Waals surface area (Å²) in [5, 5.41) is 0.320. The fourth-order valence-corrected chi connectivity index (χ4v) is 5.46. The molecule has 9 heteroatoms. The number of nitrogens with zero attached hydrogens (tertiary/aromatic N) is 3. The van der Waals surface area contributed by atoms with Crippen LogP contribution in [-0.4, -0.2) is 59.9 Å². The van der Waals surface area contributed by atoms with Gasteiger partial charge in [-0.1, -0.05) is 23.7 Å². The van der Waals surface area contributed by atoms with Gasteiger partial charge in [0.15, 0.2) is 0 Å². The van der Waals surface area contributed by atoms with Gasteiger partial charge in [0, 0.05) is 43.5 Å². The molecule has 1 aromatic carbocycles. The van der Waals surface area contributed by atoms with Gasteiger partial charge in [0.2, 0.25) is 15.9 Å². The molecule has 0 N–H and O–H groups in total. The van der Waals surface area contributed by atoms with Crippen LogP contribution in [-0.2, 0) is 14.8 Å². The number of pyridine rings is 1. The van der Waals surface area contributed by atoms with Crippen LogP contribution in [0.3, 0.4) is 0 Å². The van der Waals surface area contributed by atoms with Crippen molar-refractivity contribution in [3.63, 3.8) is 0 Å². The number of amides is 1. The monoisotopic (exact) mass is 425 g/mol. The number of aromatic nitrogens is 1. The second kappa shape index (κ2) is 8.60. The van der Waals surface area contributed by atoms with Crippen LogP contribution in [0.1, 0.15) is 6.92 Å². The Labute approximate surface area is 168 Å². The second-order valence-electron chi connectivity index (χ2n) is 6.11. The standard InChI is InChI=1S/C18H20ClN3O3S2/c1-14(26-17-7-3-2-6-16(17)19)18(23)21-9-11-22(12-10-21)27(24,25)15-5-4-8-20-13-15/h2-8,13-14H,9-12H2,1H3. The Balaban J connectivity index is 1.60. The summed E-state index contributed by atoms with van der Waals surface area (Å²) in [5.41, 5.74) is 0. The van der Waals surface area contributed by atoms with E-state index in [9.17, 15) is 13.2 Å². The zero-order chi connectivity index (χ0) is 19.4. The van der Waals surface area contributed by atoms with Crippen LogP contribution >= 0.6 is 23.4 Å². The molecule has 1 saturated heterocycles. The molecule has 1 atom stereocenters. The Kier molecular flexibility index (Phi) is 6.41. The molecule has 1 aromatic heterocycles. The molecular weight excluding hydrogens is 406 g/mol. The van der Waals surface area contributed by atoms with Gasteiger partial charge in [0.05, 0.1) is 10.3 Å².